The van der Waals surface area contributed by atoms with E-state index in [9.17, 15) is 8.42 Å². The summed E-state index contributed by atoms with van der Waals surface area (Å²) in [4.78, 5) is 4.58. The summed E-state index contributed by atoms with van der Waals surface area (Å²) in [5.41, 5.74) is 1.82. The van der Waals surface area contributed by atoms with E-state index in [4.69, 9.17) is 20.5 Å². The highest BCUT2D eigenvalue weighted by atomic mass is 35.5. The lowest BCUT2D eigenvalue weighted by atomic mass is 10.0. The van der Waals surface area contributed by atoms with Crippen molar-refractivity contribution >= 4 is 21.4 Å². The molecule has 0 unspecified atom stereocenters. The lowest BCUT2D eigenvalue weighted by Crippen LogP contribution is -2.04. The summed E-state index contributed by atoms with van der Waals surface area (Å²) in [6.07, 6.45) is 0.906. The van der Waals surface area contributed by atoms with Crippen LogP contribution >= 0.6 is 11.6 Å². The summed E-state index contributed by atoms with van der Waals surface area (Å²) in [5, 5.41) is 4.50. The molecule has 0 fully saturated rings. The second kappa shape index (κ2) is 8.69. The maximum Gasteiger partial charge on any atom is 0.293 e. The van der Waals surface area contributed by atoms with E-state index in [0.29, 0.717) is 33.8 Å². The summed E-state index contributed by atoms with van der Waals surface area (Å²) in [6.45, 7) is 4.25. The number of halogens is 1. The molecule has 0 aliphatic heterocycles. The Bertz CT molecular complexity index is 1290. The predicted molar refractivity (Wildman–Crippen MR) is 118 cm³/mol. The van der Waals surface area contributed by atoms with E-state index in [2.05, 4.69) is 24.0 Å². The number of hydrogen-bond donors (Lipinski definition) is 0. The van der Waals surface area contributed by atoms with Gasteiger partial charge in [0.1, 0.15) is 11.5 Å². The molecule has 2 heterocycles. The Labute approximate surface area is 185 Å². The van der Waals surface area contributed by atoms with Crippen molar-refractivity contribution in [1.29, 1.82) is 0 Å². The van der Waals surface area contributed by atoms with Crippen LogP contribution in [0.5, 0.6) is 0 Å². The fraction of sp³-hybridized carbons (Fsp3) is 0.217. The SMILES string of the molecule is CC(C)Cc1ccc(S(=O)(=O)Cc2ccc(-c3nc(-c4cccc(Cl)c4)no3)o2)cc1. The van der Waals surface area contributed by atoms with Gasteiger partial charge in [-0.05, 0) is 54.3 Å². The van der Waals surface area contributed by atoms with Crippen molar-refractivity contribution in [3.05, 3.63) is 77.0 Å². The first kappa shape index (κ1) is 21.3. The van der Waals surface area contributed by atoms with Crippen molar-refractivity contribution in [2.24, 2.45) is 5.92 Å². The number of nitrogens with zero attached hydrogens (tertiary/aromatic N) is 2. The summed E-state index contributed by atoms with van der Waals surface area (Å²) in [5.74, 6) is 1.38. The van der Waals surface area contributed by atoms with Gasteiger partial charge in [-0.1, -0.05) is 54.9 Å². The van der Waals surface area contributed by atoms with Gasteiger partial charge in [0.05, 0.1) is 4.90 Å². The second-order valence-electron chi connectivity index (χ2n) is 7.70. The number of benzene rings is 2. The smallest absolute Gasteiger partial charge is 0.293 e. The average molecular weight is 457 g/mol. The highest BCUT2D eigenvalue weighted by Gasteiger charge is 2.20. The third kappa shape index (κ3) is 5.06. The Morgan fingerprint density at radius 1 is 1.03 bits per heavy atom. The minimum absolute atomic E-state index is 0.164. The van der Waals surface area contributed by atoms with Crippen LogP contribution in [0.3, 0.4) is 0 Å². The first-order valence-electron chi connectivity index (χ1n) is 9.80. The van der Waals surface area contributed by atoms with Crippen molar-refractivity contribution in [2.75, 3.05) is 0 Å². The summed E-state index contributed by atoms with van der Waals surface area (Å²) in [6, 6.07) is 17.3. The third-order valence-corrected chi connectivity index (χ3v) is 6.53. The Balaban J connectivity index is 1.50. The van der Waals surface area contributed by atoms with Gasteiger partial charge >= 0.3 is 0 Å². The van der Waals surface area contributed by atoms with E-state index < -0.39 is 9.84 Å². The van der Waals surface area contributed by atoms with Crippen LogP contribution < -0.4 is 0 Å². The van der Waals surface area contributed by atoms with Gasteiger partial charge in [0.25, 0.3) is 5.89 Å². The molecule has 160 valence electrons. The van der Waals surface area contributed by atoms with Crippen LogP contribution in [0.4, 0.5) is 0 Å². The maximum atomic E-state index is 12.8. The molecule has 0 saturated heterocycles. The molecule has 0 aliphatic rings. The van der Waals surface area contributed by atoms with Gasteiger partial charge in [-0.15, -0.1) is 0 Å². The van der Waals surface area contributed by atoms with Crippen LogP contribution in [0.2, 0.25) is 5.02 Å². The zero-order valence-electron chi connectivity index (χ0n) is 17.1. The normalized spacial score (nSPS) is 11.9. The molecule has 8 heteroatoms. The molecular weight excluding hydrogens is 436 g/mol. The molecule has 0 saturated carbocycles. The van der Waals surface area contributed by atoms with E-state index in [1.54, 1.807) is 42.5 Å². The van der Waals surface area contributed by atoms with Crippen molar-refractivity contribution in [3.63, 3.8) is 0 Å². The molecule has 6 nitrogen and oxygen atoms in total. The Kier molecular flexibility index (Phi) is 5.98. The van der Waals surface area contributed by atoms with Crippen molar-refractivity contribution in [3.8, 4) is 23.0 Å². The monoisotopic (exact) mass is 456 g/mol. The number of aromatic nitrogens is 2. The molecule has 31 heavy (non-hydrogen) atoms. The first-order chi connectivity index (χ1) is 14.8. The minimum Gasteiger partial charge on any atom is -0.455 e. The van der Waals surface area contributed by atoms with E-state index in [0.717, 1.165) is 12.0 Å². The second-order valence-corrected chi connectivity index (χ2v) is 10.1. The summed E-state index contributed by atoms with van der Waals surface area (Å²) >= 11 is 6.00. The highest BCUT2D eigenvalue weighted by molar-refractivity contribution is 7.90. The molecule has 0 aliphatic carbocycles. The lowest BCUT2D eigenvalue weighted by Gasteiger charge is -2.07. The van der Waals surface area contributed by atoms with E-state index >= 15 is 0 Å². The molecule has 4 aromatic rings. The number of furan rings is 1. The standard InChI is InChI=1S/C23H21ClN2O4S/c1-15(2)12-16-6-9-20(10-7-16)31(27,28)14-19-8-11-21(29-19)23-25-22(26-30-23)17-4-3-5-18(24)13-17/h3-11,13,15H,12,14H2,1-2H3. The Hall–Kier alpha value is -2.90. The molecule has 2 aromatic heterocycles. The molecule has 0 spiro atoms. The van der Waals surface area contributed by atoms with Crippen molar-refractivity contribution < 1.29 is 17.4 Å². The fourth-order valence-corrected chi connectivity index (χ4v) is 4.65. The number of hydrogen-bond acceptors (Lipinski definition) is 6. The van der Waals surface area contributed by atoms with E-state index in [1.807, 2.05) is 18.2 Å². The molecular formula is C23H21ClN2O4S. The molecule has 0 N–H and O–H groups in total. The average Bonchev–Trinajstić information content (AvgIpc) is 3.37. The van der Waals surface area contributed by atoms with E-state index in [1.165, 1.54) is 0 Å². The van der Waals surface area contributed by atoms with Gasteiger partial charge in [-0.2, -0.15) is 4.98 Å². The van der Waals surface area contributed by atoms with Gasteiger partial charge in [-0.25, -0.2) is 8.42 Å². The fourth-order valence-electron chi connectivity index (χ4n) is 3.21. The van der Waals surface area contributed by atoms with E-state index in [-0.39, 0.29) is 16.5 Å². The Morgan fingerprint density at radius 3 is 2.52 bits per heavy atom. The Morgan fingerprint density at radius 2 is 1.81 bits per heavy atom. The van der Waals surface area contributed by atoms with Crippen LogP contribution in [0.25, 0.3) is 23.0 Å². The van der Waals surface area contributed by atoms with Crippen LogP contribution in [0.15, 0.2) is 74.5 Å². The van der Waals surface area contributed by atoms with Gasteiger partial charge < -0.3 is 8.94 Å². The molecule has 0 amide bonds. The largest absolute Gasteiger partial charge is 0.455 e. The van der Waals surface area contributed by atoms with Crippen LogP contribution in [0.1, 0.15) is 25.2 Å². The van der Waals surface area contributed by atoms with Gasteiger partial charge in [0, 0.05) is 10.6 Å². The van der Waals surface area contributed by atoms with Crippen LogP contribution in [0, 0.1) is 5.92 Å². The molecule has 4 rings (SSSR count). The van der Waals surface area contributed by atoms with Gasteiger partial charge in [0.2, 0.25) is 5.82 Å². The summed E-state index contributed by atoms with van der Waals surface area (Å²) in [7, 11) is -3.55. The summed E-state index contributed by atoms with van der Waals surface area (Å²) < 4.78 is 36.5. The number of sulfone groups is 1. The molecule has 0 bridgehead atoms. The maximum absolute atomic E-state index is 12.8. The van der Waals surface area contributed by atoms with Gasteiger partial charge in [-0.3, -0.25) is 0 Å². The minimum atomic E-state index is -3.55. The highest BCUT2D eigenvalue weighted by Crippen LogP contribution is 2.27. The molecule has 0 radical (unpaired) electrons. The van der Waals surface area contributed by atoms with Crippen molar-refractivity contribution in [2.45, 2.75) is 30.9 Å². The predicted octanol–water partition coefficient (Wildman–Crippen LogP) is 5.82. The quantitative estimate of drug-likeness (QED) is 0.348. The van der Waals surface area contributed by atoms with Gasteiger partial charge in [0.15, 0.2) is 15.6 Å². The zero-order valence-corrected chi connectivity index (χ0v) is 18.7. The third-order valence-electron chi connectivity index (χ3n) is 4.64. The van der Waals surface area contributed by atoms with Crippen LogP contribution in [-0.2, 0) is 22.0 Å². The first-order valence-corrected chi connectivity index (χ1v) is 11.8. The lowest BCUT2D eigenvalue weighted by molar-refractivity contribution is 0.413. The zero-order chi connectivity index (χ0) is 22.0. The van der Waals surface area contributed by atoms with Crippen molar-refractivity contribution in [1.82, 2.24) is 10.1 Å². The molecule has 0 atom stereocenters. The topological polar surface area (TPSA) is 86.2 Å². The molecule has 2 aromatic carbocycles. The van der Waals surface area contributed by atoms with Crippen LogP contribution in [-0.4, -0.2) is 18.6 Å². The number of rotatable bonds is 7.